The number of pyridine rings is 1. The first kappa shape index (κ1) is 22.4. The molecule has 0 aliphatic heterocycles. The Bertz CT molecular complexity index is 1200. The van der Waals surface area contributed by atoms with Crippen LogP contribution >= 0.6 is 27.3 Å². The lowest BCUT2D eigenvalue weighted by molar-refractivity contribution is 0.211. The fourth-order valence-corrected chi connectivity index (χ4v) is 6.57. The van der Waals surface area contributed by atoms with Gasteiger partial charge in [-0.05, 0) is 67.1 Å². The number of nitrogens with one attached hydrogen (secondary N) is 2. The van der Waals surface area contributed by atoms with E-state index >= 15 is 0 Å². The van der Waals surface area contributed by atoms with E-state index in [1.807, 2.05) is 14.1 Å². The lowest BCUT2D eigenvalue weighted by atomic mass is 9.89. The molecule has 0 unspecified atom stereocenters. The van der Waals surface area contributed by atoms with Crippen molar-refractivity contribution in [1.29, 1.82) is 0 Å². The fraction of sp³-hybridized carbons (Fsp3) is 0.400. The number of sulfonamides is 1. The zero-order chi connectivity index (χ0) is 22.2. The van der Waals surface area contributed by atoms with E-state index in [-0.39, 0.29) is 11.2 Å². The number of likely N-dealkylation sites (N-methyl/N-ethyl adjacent to an activating group) is 1. The molecule has 0 saturated heterocycles. The Morgan fingerprint density at radius 1 is 1.23 bits per heavy atom. The van der Waals surface area contributed by atoms with Gasteiger partial charge in [-0.2, -0.15) is 4.98 Å². The van der Waals surface area contributed by atoms with E-state index in [9.17, 15) is 12.8 Å². The van der Waals surface area contributed by atoms with E-state index in [1.165, 1.54) is 18.6 Å². The van der Waals surface area contributed by atoms with Crippen LogP contribution in [-0.2, 0) is 10.0 Å². The molecule has 11 heteroatoms. The molecule has 0 amide bonds. The first-order chi connectivity index (χ1) is 14.7. The molecule has 0 spiro atoms. The van der Waals surface area contributed by atoms with Crippen molar-refractivity contribution in [3.63, 3.8) is 0 Å². The summed E-state index contributed by atoms with van der Waals surface area (Å²) in [6, 6.07) is 6.48. The molecule has 2 heterocycles. The average Bonchev–Trinajstić information content (AvgIpc) is 3.08. The van der Waals surface area contributed by atoms with Crippen molar-refractivity contribution in [2.24, 2.45) is 0 Å². The highest BCUT2D eigenvalue weighted by atomic mass is 79.9. The molecule has 4 rings (SSSR count). The number of benzene rings is 1. The minimum atomic E-state index is -4.13. The highest BCUT2D eigenvalue weighted by Gasteiger charge is 2.27. The lowest BCUT2D eigenvalue weighted by Crippen LogP contribution is -2.45. The quantitative estimate of drug-likeness (QED) is 0.483. The minimum absolute atomic E-state index is 0.137. The van der Waals surface area contributed by atoms with Gasteiger partial charge in [0.15, 0.2) is 10.8 Å². The van der Waals surface area contributed by atoms with E-state index in [0.717, 1.165) is 39.8 Å². The summed E-state index contributed by atoms with van der Waals surface area (Å²) in [5.41, 5.74) is 0.998. The predicted octanol–water partition coefficient (Wildman–Crippen LogP) is 4.68. The molecule has 2 N–H and O–H groups in total. The van der Waals surface area contributed by atoms with Crippen LogP contribution in [-0.4, -0.2) is 49.5 Å². The van der Waals surface area contributed by atoms with Crippen molar-refractivity contribution in [2.75, 3.05) is 24.1 Å². The summed E-state index contributed by atoms with van der Waals surface area (Å²) in [4.78, 5) is 10.1. The molecule has 166 valence electrons. The van der Waals surface area contributed by atoms with E-state index in [1.54, 1.807) is 18.3 Å². The smallest absolute Gasteiger partial charge is 0.266 e. The SMILES string of the molecule is CN(C)[C@H]1CCCC[C@@H]1Nc1ccc(S(=O)(=O)Nc2nc3ncc(Br)cc3s2)c(F)c1. The normalized spacial score (nSPS) is 19.6. The molecule has 1 aromatic carbocycles. The zero-order valence-electron chi connectivity index (χ0n) is 17.1. The van der Waals surface area contributed by atoms with Gasteiger partial charge in [0.1, 0.15) is 10.7 Å². The van der Waals surface area contributed by atoms with Gasteiger partial charge in [0.2, 0.25) is 0 Å². The highest BCUT2D eigenvalue weighted by molar-refractivity contribution is 9.10. The van der Waals surface area contributed by atoms with Crippen molar-refractivity contribution in [3.8, 4) is 0 Å². The number of anilines is 2. The van der Waals surface area contributed by atoms with Crippen LogP contribution in [0.1, 0.15) is 25.7 Å². The summed E-state index contributed by atoms with van der Waals surface area (Å²) >= 11 is 4.46. The summed E-state index contributed by atoms with van der Waals surface area (Å²) in [7, 11) is -0.0394. The predicted molar refractivity (Wildman–Crippen MR) is 126 cm³/mol. The topological polar surface area (TPSA) is 87.2 Å². The molecule has 7 nitrogen and oxygen atoms in total. The molecule has 3 aromatic rings. The summed E-state index contributed by atoms with van der Waals surface area (Å²) in [5.74, 6) is -0.809. The molecular weight excluding hydrogens is 505 g/mol. The third kappa shape index (κ3) is 5.00. The van der Waals surface area contributed by atoms with Crippen LogP contribution in [0.15, 0.2) is 39.8 Å². The average molecular weight is 528 g/mol. The lowest BCUT2D eigenvalue weighted by Gasteiger charge is -2.37. The van der Waals surface area contributed by atoms with Gasteiger partial charge in [-0.1, -0.05) is 24.2 Å². The number of hydrogen-bond donors (Lipinski definition) is 2. The van der Waals surface area contributed by atoms with Gasteiger partial charge < -0.3 is 10.2 Å². The number of halogens is 2. The molecular formula is C20H23BrFN5O2S2. The van der Waals surface area contributed by atoms with Crippen molar-refractivity contribution in [3.05, 3.63) is 40.8 Å². The van der Waals surface area contributed by atoms with E-state index in [2.05, 4.69) is 40.8 Å². The van der Waals surface area contributed by atoms with E-state index < -0.39 is 20.7 Å². The van der Waals surface area contributed by atoms with Crippen LogP contribution in [0.4, 0.5) is 15.2 Å². The Hall–Kier alpha value is -1.82. The van der Waals surface area contributed by atoms with Crippen LogP contribution in [0, 0.1) is 5.82 Å². The van der Waals surface area contributed by atoms with Gasteiger partial charge in [-0.25, -0.2) is 17.8 Å². The fourth-order valence-electron chi connectivity index (χ4n) is 3.93. The Kier molecular flexibility index (Phi) is 6.47. The largest absolute Gasteiger partial charge is 0.381 e. The van der Waals surface area contributed by atoms with Gasteiger partial charge in [-0.3, -0.25) is 4.72 Å². The molecule has 31 heavy (non-hydrogen) atoms. The Morgan fingerprint density at radius 2 is 2.00 bits per heavy atom. The summed E-state index contributed by atoms with van der Waals surface area (Å²) < 4.78 is 44.2. The Balaban J connectivity index is 1.53. The van der Waals surface area contributed by atoms with Gasteiger partial charge in [0.05, 0.1) is 4.70 Å². The Labute approximate surface area is 193 Å². The maximum absolute atomic E-state index is 14.8. The second-order valence-electron chi connectivity index (χ2n) is 7.81. The van der Waals surface area contributed by atoms with Crippen LogP contribution in [0.25, 0.3) is 10.3 Å². The number of rotatable bonds is 6. The van der Waals surface area contributed by atoms with Gasteiger partial charge >= 0.3 is 0 Å². The summed E-state index contributed by atoms with van der Waals surface area (Å²) in [5, 5.41) is 3.52. The van der Waals surface area contributed by atoms with Crippen LogP contribution in [0.3, 0.4) is 0 Å². The molecule has 1 aliphatic carbocycles. The molecule has 2 aromatic heterocycles. The van der Waals surface area contributed by atoms with Crippen LogP contribution in [0.5, 0.6) is 0 Å². The summed E-state index contributed by atoms with van der Waals surface area (Å²) in [6.45, 7) is 0. The van der Waals surface area contributed by atoms with E-state index in [4.69, 9.17) is 0 Å². The zero-order valence-corrected chi connectivity index (χ0v) is 20.3. The van der Waals surface area contributed by atoms with Crippen molar-refractivity contribution >= 4 is 58.5 Å². The van der Waals surface area contributed by atoms with Gasteiger partial charge in [0, 0.05) is 28.4 Å². The second-order valence-corrected chi connectivity index (χ2v) is 11.4. The standard InChI is InChI=1S/C20H23BrFN5O2S2/c1-27(2)16-6-4-3-5-15(16)24-13-7-8-18(14(22)10-13)31(28,29)26-20-25-19-17(30-20)9-12(21)11-23-19/h7-11,15-16,24H,3-6H2,1-2H3,(H,23,25,26)/t15-,16-/m0/s1. The highest BCUT2D eigenvalue weighted by Crippen LogP contribution is 2.30. The maximum atomic E-state index is 14.8. The number of thiazole rings is 1. The molecule has 0 bridgehead atoms. The third-order valence-electron chi connectivity index (χ3n) is 5.40. The molecule has 1 fully saturated rings. The van der Waals surface area contributed by atoms with E-state index in [0.29, 0.717) is 17.4 Å². The number of aromatic nitrogens is 2. The molecule has 0 radical (unpaired) electrons. The first-order valence-electron chi connectivity index (χ1n) is 9.90. The molecule has 2 atom stereocenters. The second kappa shape index (κ2) is 8.97. The van der Waals surface area contributed by atoms with Gasteiger partial charge in [0.25, 0.3) is 10.0 Å². The third-order valence-corrected chi connectivity index (χ3v) is 8.24. The first-order valence-corrected chi connectivity index (χ1v) is 13.0. The minimum Gasteiger partial charge on any atom is -0.381 e. The van der Waals surface area contributed by atoms with Crippen molar-refractivity contribution in [2.45, 2.75) is 42.7 Å². The monoisotopic (exact) mass is 527 g/mol. The number of fused-ring (bicyclic) bond motifs is 1. The van der Waals surface area contributed by atoms with Gasteiger partial charge in [-0.15, -0.1) is 0 Å². The molecule has 1 aliphatic rings. The van der Waals surface area contributed by atoms with Crippen LogP contribution < -0.4 is 10.0 Å². The number of hydrogen-bond acceptors (Lipinski definition) is 7. The van der Waals surface area contributed by atoms with Crippen molar-refractivity contribution < 1.29 is 12.8 Å². The van der Waals surface area contributed by atoms with Crippen LogP contribution in [0.2, 0.25) is 0 Å². The van der Waals surface area contributed by atoms with Crippen molar-refractivity contribution in [1.82, 2.24) is 14.9 Å². The Morgan fingerprint density at radius 3 is 2.74 bits per heavy atom. The molecule has 1 saturated carbocycles. The maximum Gasteiger partial charge on any atom is 0.266 e. The number of nitrogens with zero attached hydrogens (tertiary/aromatic N) is 3. The summed E-state index contributed by atoms with van der Waals surface area (Å²) in [6.07, 6.45) is 5.95.